The fraction of sp³-hybridized carbons (Fsp3) is 0.429. The molecule has 1 heteroatoms. The van der Waals surface area contributed by atoms with E-state index >= 15 is 0 Å². The van der Waals surface area contributed by atoms with Crippen LogP contribution in [0.3, 0.4) is 0 Å². The topological polar surface area (TPSA) is 0 Å². The van der Waals surface area contributed by atoms with Crippen LogP contribution in [-0.4, -0.2) is 0 Å². The predicted octanol–water partition coefficient (Wildman–Crippen LogP) is 4.75. The van der Waals surface area contributed by atoms with Crippen molar-refractivity contribution in [3.63, 3.8) is 0 Å². The highest BCUT2D eigenvalue weighted by Gasteiger charge is 2.10. The largest absolute Gasteiger partial charge is 0.0795 e. The number of allylic oxidation sites excluding steroid dienone is 1. The first-order valence-electron chi connectivity index (χ1n) is 5.79. The van der Waals surface area contributed by atoms with Gasteiger partial charge in [-0.05, 0) is 48.1 Å². The van der Waals surface area contributed by atoms with Crippen LogP contribution in [0.5, 0.6) is 0 Å². The summed E-state index contributed by atoms with van der Waals surface area (Å²) in [6, 6.07) is 4.53. The van der Waals surface area contributed by atoms with Gasteiger partial charge in [-0.3, -0.25) is 0 Å². The van der Waals surface area contributed by atoms with Gasteiger partial charge >= 0.3 is 0 Å². The maximum atomic E-state index is 3.60. The molecule has 1 aliphatic carbocycles. The number of hydrogen-bond donors (Lipinski definition) is 0. The second-order valence-corrected chi connectivity index (χ2v) is 5.12. The van der Waals surface area contributed by atoms with E-state index in [2.05, 4.69) is 47.1 Å². The quantitative estimate of drug-likeness (QED) is 0.689. The van der Waals surface area contributed by atoms with Crippen LogP contribution in [0.25, 0.3) is 6.08 Å². The smallest absolute Gasteiger partial charge is 0.0181 e. The van der Waals surface area contributed by atoms with E-state index in [1.54, 1.807) is 0 Å². The Hall–Kier alpha value is -0.560. The molecule has 0 saturated heterocycles. The minimum atomic E-state index is 1.11. The summed E-state index contributed by atoms with van der Waals surface area (Å²) in [5.41, 5.74) is 4.48. The summed E-state index contributed by atoms with van der Waals surface area (Å²) in [4.78, 5) is 0. The molecule has 0 spiro atoms. The molecule has 1 aliphatic rings. The third-order valence-corrected chi connectivity index (χ3v) is 3.45. The minimum Gasteiger partial charge on any atom is -0.0795 e. The lowest BCUT2D eigenvalue weighted by molar-refractivity contribution is 0.716. The van der Waals surface area contributed by atoms with E-state index in [4.69, 9.17) is 0 Å². The van der Waals surface area contributed by atoms with Crippen molar-refractivity contribution in [3.05, 3.63) is 39.4 Å². The van der Waals surface area contributed by atoms with Crippen LogP contribution in [0.15, 0.2) is 22.7 Å². The van der Waals surface area contributed by atoms with Gasteiger partial charge in [-0.25, -0.2) is 0 Å². The maximum absolute atomic E-state index is 3.60. The van der Waals surface area contributed by atoms with E-state index in [0.717, 1.165) is 6.42 Å². The molecule has 0 bridgehead atoms. The van der Waals surface area contributed by atoms with Gasteiger partial charge < -0.3 is 0 Å². The molecule has 80 valence electrons. The third kappa shape index (κ3) is 2.52. The molecule has 0 aliphatic heterocycles. The van der Waals surface area contributed by atoms with Crippen LogP contribution in [-0.2, 0) is 12.8 Å². The molecule has 0 aromatic heterocycles. The first-order chi connectivity index (χ1) is 7.31. The molecule has 0 fully saturated rings. The fourth-order valence-corrected chi connectivity index (χ4v) is 2.75. The molecule has 15 heavy (non-hydrogen) atoms. The SMILES string of the molecule is CCCCCc1cc(Br)cc2c1C=CC2. The highest BCUT2D eigenvalue weighted by Crippen LogP contribution is 2.28. The molecule has 0 radical (unpaired) electrons. The van der Waals surface area contributed by atoms with Crippen LogP contribution in [0, 0.1) is 0 Å². The Bertz CT molecular complexity index is 377. The standard InChI is InChI=1S/C14H17Br/c1-2-3-4-6-11-9-13(15)10-12-7-5-8-14(11)12/h5,8-10H,2-4,6-7H2,1H3. The lowest BCUT2D eigenvalue weighted by Gasteiger charge is -2.08. The second-order valence-electron chi connectivity index (χ2n) is 4.20. The molecule has 1 aromatic rings. The lowest BCUT2D eigenvalue weighted by Crippen LogP contribution is -1.93. The number of aryl methyl sites for hydroxylation is 1. The van der Waals surface area contributed by atoms with Crippen molar-refractivity contribution >= 4 is 22.0 Å². The van der Waals surface area contributed by atoms with Gasteiger partial charge in [0.25, 0.3) is 0 Å². The van der Waals surface area contributed by atoms with Gasteiger partial charge in [0.05, 0.1) is 0 Å². The van der Waals surface area contributed by atoms with E-state index in [9.17, 15) is 0 Å². The van der Waals surface area contributed by atoms with Gasteiger partial charge in [-0.15, -0.1) is 0 Å². The Kier molecular flexibility index (Phi) is 3.63. The number of hydrogen-bond acceptors (Lipinski definition) is 0. The van der Waals surface area contributed by atoms with Crippen molar-refractivity contribution in [1.82, 2.24) is 0 Å². The molecule has 0 N–H and O–H groups in total. The Morgan fingerprint density at radius 2 is 2.13 bits per heavy atom. The van der Waals surface area contributed by atoms with Crippen molar-refractivity contribution in [2.75, 3.05) is 0 Å². The van der Waals surface area contributed by atoms with E-state index in [1.165, 1.54) is 46.8 Å². The summed E-state index contributed by atoms with van der Waals surface area (Å²) in [5, 5.41) is 0. The van der Waals surface area contributed by atoms with Gasteiger partial charge in [0.2, 0.25) is 0 Å². The van der Waals surface area contributed by atoms with E-state index in [-0.39, 0.29) is 0 Å². The molecule has 0 nitrogen and oxygen atoms in total. The molecular weight excluding hydrogens is 248 g/mol. The molecule has 0 atom stereocenters. The van der Waals surface area contributed by atoms with Gasteiger partial charge in [0, 0.05) is 4.47 Å². The second kappa shape index (κ2) is 4.98. The predicted molar refractivity (Wildman–Crippen MR) is 70.1 cm³/mol. The maximum Gasteiger partial charge on any atom is 0.0181 e. The third-order valence-electron chi connectivity index (χ3n) is 2.99. The molecular formula is C14H17Br. The first-order valence-corrected chi connectivity index (χ1v) is 6.58. The van der Waals surface area contributed by atoms with Crippen LogP contribution in [0.4, 0.5) is 0 Å². The summed E-state index contributed by atoms with van der Waals surface area (Å²) in [5.74, 6) is 0. The van der Waals surface area contributed by atoms with Crippen LogP contribution in [0.2, 0.25) is 0 Å². The van der Waals surface area contributed by atoms with Crippen molar-refractivity contribution in [1.29, 1.82) is 0 Å². The summed E-state index contributed by atoms with van der Waals surface area (Å²) in [7, 11) is 0. The van der Waals surface area contributed by atoms with Crippen LogP contribution < -0.4 is 0 Å². The number of fused-ring (bicyclic) bond motifs is 1. The summed E-state index contributed by atoms with van der Waals surface area (Å²) in [6.07, 6.45) is 10.8. The van der Waals surface area contributed by atoms with Crippen molar-refractivity contribution in [3.8, 4) is 0 Å². The first kappa shape index (κ1) is 10.9. The summed E-state index contributed by atoms with van der Waals surface area (Å²) in [6.45, 7) is 2.26. The Labute approximate surface area is 101 Å². The summed E-state index contributed by atoms with van der Waals surface area (Å²) >= 11 is 3.60. The fourth-order valence-electron chi connectivity index (χ4n) is 2.20. The van der Waals surface area contributed by atoms with Crippen molar-refractivity contribution in [2.45, 2.75) is 39.0 Å². The molecule has 0 saturated carbocycles. The van der Waals surface area contributed by atoms with Gasteiger partial charge in [-0.1, -0.05) is 47.8 Å². The highest BCUT2D eigenvalue weighted by atomic mass is 79.9. The van der Waals surface area contributed by atoms with Crippen LogP contribution >= 0.6 is 15.9 Å². The molecule has 2 rings (SSSR count). The average molecular weight is 265 g/mol. The van der Waals surface area contributed by atoms with Crippen molar-refractivity contribution in [2.24, 2.45) is 0 Å². The average Bonchev–Trinajstić information content (AvgIpc) is 2.65. The molecule has 0 unspecified atom stereocenters. The van der Waals surface area contributed by atoms with Gasteiger partial charge in [0.15, 0.2) is 0 Å². The van der Waals surface area contributed by atoms with Gasteiger partial charge in [-0.2, -0.15) is 0 Å². The number of halogens is 1. The van der Waals surface area contributed by atoms with Gasteiger partial charge in [0.1, 0.15) is 0 Å². The molecule has 0 amide bonds. The zero-order valence-corrected chi connectivity index (χ0v) is 10.8. The van der Waals surface area contributed by atoms with Crippen molar-refractivity contribution < 1.29 is 0 Å². The van der Waals surface area contributed by atoms with E-state index in [1.807, 2.05) is 0 Å². The van der Waals surface area contributed by atoms with E-state index < -0.39 is 0 Å². The Morgan fingerprint density at radius 3 is 2.93 bits per heavy atom. The number of rotatable bonds is 4. The molecule has 0 heterocycles. The molecule has 1 aromatic carbocycles. The lowest BCUT2D eigenvalue weighted by atomic mass is 9.99. The zero-order valence-electron chi connectivity index (χ0n) is 9.22. The Balaban J connectivity index is 2.18. The van der Waals surface area contributed by atoms with E-state index in [0.29, 0.717) is 0 Å². The monoisotopic (exact) mass is 264 g/mol. The minimum absolute atomic E-state index is 1.11. The normalized spacial score (nSPS) is 13.2. The highest BCUT2D eigenvalue weighted by molar-refractivity contribution is 9.10. The number of benzene rings is 1. The summed E-state index contributed by atoms with van der Waals surface area (Å²) < 4.78 is 1.23. The zero-order chi connectivity index (χ0) is 10.7. The number of unbranched alkanes of at least 4 members (excludes halogenated alkanes) is 2. The Morgan fingerprint density at radius 1 is 1.27 bits per heavy atom. The van der Waals surface area contributed by atoms with Crippen LogP contribution in [0.1, 0.15) is 42.9 Å².